The molecule has 0 spiro atoms. The molecule has 1 saturated heterocycles. The van der Waals surface area contributed by atoms with Crippen molar-refractivity contribution in [3.63, 3.8) is 0 Å². The molecule has 0 aliphatic carbocycles. The van der Waals surface area contributed by atoms with Gasteiger partial charge in [0.2, 0.25) is 0 Å². The maximum absolute atomic E-state index is 10.8. The number of hydrogen-bond donors (Lipinski definition) is 2. The van der Waals surface area contributed by atoms with Gasteiger partial charge in [-0.2, -0.15) is 0 Å². The fraction of sp³-hybridized carbons (Fsp3) is 0.500. The van der Waals surface area contributed by atoms with Gasteiger partial charge < -0.3 is 10.6 Å². The topological polar surface area (TPSA) is 67.2 Å². The highest BCUT2D eigenvalue weighted by molar-refractivity contribution is 5.59. The third-order valence-corrected chi connectivity index (χ3v) is 3.16. The van der Waals surface area contributed by atoms with Gasteiger partial charge in [-0.25, -0.2) is 0 Å². The normalized spacial score (nSPS) is 19.3. The van der Waals surface area contributed by atoms with E-state index < -0.39 is 0 Å². The van der Waals surface area contributed by atoms with Crippen LogP contribution in [0.3, 0.4) is 0 Å². The van der Waals surface area contributed by atoms with Crippen LogP contribution >= 0.6 is 0 Å². The van der Waals surface area contributed by atoms with E-state index in [9.17, 15) is 10.1 Å². The maximum atomic E-state index is 10.8. The molecule has 92 valence electrons. The minimum Gasteiger partial charge on any atom is -0.381 e. The summed E-state index contributed by atoms with van der Waals surface area (Å²) >= 11 is 0. The first kappa shape index (κ1) is 11.9. The van der Waals surface area contributed by atoms with Crippen LogP contribution in [0.1, 0.15) is 17.5 Å². The molecule has 1 aromatic rings. The summed E-state index contributed by atoms with van der Waals surface area (Å²) in [5.41, 5.74) is 2.82. The summed E-state index contributed by atoms with van der Waals surface area (Å²) in [6.07, 6.45) is 1.09. The summed E-state index contributed by atoms with van der Waals surface area (Å²) in [5.74, 6) is 0. The fourth-order valence-electron chi connectivity index (χ4n) is 2.15. The molecule has 0 saturated carbocycles. The van der Waals surface area contributed by atoms with Crippen molar-refractivity contribution in [2.45, 2.75) is 26.3 Å². The first-order valence-corrected chi connectivity index (χ1v) is 5.81. The van der Waals surface area contributed by atoms with Crippen LogP contribution in [-0.2, 0) is 0 Å². The molecule has 2 N–H and O–H groups in total. The largest absolute Gasteiger partial charge is 0.381 e. The fourth-order valence-corrected chi connectivity index (χ4v) is 2.15. The van der Waals surface area contributed by atoms with Crippen LogP contribution in [0, 0.1) is 24.0 Å². The van der Waals surface area contributed by atoms with Crippen LogP contribution < -0.4 is 10.6 Å². The van der Waals surface area contributed by atoms with E-state index in [1.807, 2.05) is 13.0 Å². The average Bonchev–Trinajstić information content (AvgIpc) is 2.75. The Morgan fingerprint density at radius 2 is 2.18 bits per heavy atom. The van der Waals surface area contributed by atoms with E-state index in [1.54, 1.807) is 13.0 Å². The molecular formula is C12H17N3O2. The van der Waals surface area contributed by atoms with Crippen molar-refractivity contribution < 1.29 is 4.92 Å². The maximum Gasteiger partial charge on any atom is 0.272 e. The van der Waals surface area contributed by atoms with Gasteiger partial charge in [0.05, 0.1) is 4.92 Å². The number of nitrogens with one attached hydrogen (secondary N) is 2. The standard InChI is InChI=1S/C12H17N3O2/c1-8-6-12(15(16)17)9(2)5-11(8)14-10-3-4-13-7-10/h5-6,10,13-14H,3-4,7H2,1-2H3. The molecule has 1 aliphatic heterocycles. The first-order valence-electron chi connectivity index (χ1n) is 5.81. The minimum absolute atomic E-state index is 0.192. The van der Waals surface area contributed by atoms with Gasteiger partial charge in [0.15, 0.2) is 0 Å². The van der Waals surface area contributed by atoms with Crippen LogP contribution in [-0.4, -0.2) is 24.1 Å². The van der Waals surface area contributed by atoms with Gasteiger partial charge in [-0.15, -0.1) is 0 Å². The van der Waals surface area contributed by atoms with Crippen molar-refractivity contribution in [2.24, 2.45) is 0 Å². The van der Waals surface area contributed by atoms with Gasteiger partial charge >= 0.3 is 0 Å². The summed E-state index contributed by atoms with van der Waals surface area (Å²) in [6, 6.07) is 3.93. The second-order valence-corrected chi connectivity index (χ2v) is 4.54. The Morgan fingerprint density at radius 3 is 2.76 bits per heavy atom. The zero-order valence-corrected chi connectivity index (χ0v) is 10.1. The van der Waals surface area contributed by atoms with E-state index in [4.69, 9.17) is 0 Å². The molecule has 0 radical (unpaired) electrons. The highest BCUT2D eigenvalue weighted by atomic mass is 16.6. The molecule has 1 aliphatic rings. The summed E-state index contributed by atoms with van der Waals surface area (Å²) < 4.78 is 0. The number of nitrogens with zero attached hydrogens (tertiary/aromatic N) is 1. The lowest BCUT2D eigenvalue weighted by molar-refractivity contribution is -0.385. The number of rotatable bonds is 3. The zero-order chi connectivity index (χ0) is 12.4. The lowest BCUT2D eigenvalue weighted by Gasteiger charge is -2.15. The molecule has 0 aromatic heterocycles. The smallest absolute Gasteiger partial charge is 0.272 e. The summed E-state index contributed by atoms with van der Waals surface area (Å²) in [4.78, 5) is 10.5. The third kappa shape index (κ3) is 2.55. The van der Waals surface area contributed by atoms with E-state index in [0.717, 1.165) is 30.8 Å². The van der Waals surface area contributed by atoms with Gasteiger partial charge in [0, 0.05) is 29.9 Å². The van der Waals surface area contributed by atoms with Gasteiger partial charge in [-0.1, -0.05) is 0 Å². The molecule has 17 heavy (non-hydrogen) atoms. The molecule has 1 aromatic carbocycles. The lowest BCUT2D eigenvalue weighted by Crippen LogP contribution is -2.22. The summed E-state index contributed by atoms with van der Waals surface area (Å²) in [5, 5.41) is 17.5. The molecule has 0 amide bonds. The predicted octanol–water partition coefficient (Wildman–Crippen LogP) is 1.99. The Kier molecular flexibility index (Phi) is 3.28. The minimum atomic E-state index is -0.330. The number of anilines is 1. The monoisotopic (exact) mass is 235 g/mol. The Labute approximate surface area is 100 Å². The Bertz CT molecular complexity index is 440. The van der Waals surface area contributed by atoms with Gasteiger partial charge in [-0.05, 0) is 38.4 Å². The van der Waals surface area contributed by atoms with Crippen molar-refractivity contribution in [3.8, 4) is 0 Å². The highest BCUT2D eigenvalue weighted by Gasteiger charge is 2.17. The SMILES string of the molecule is Cc1cc([N+](=O)[O-])c(C)cc1NC1CCNC1. The van der Waals surface area contributed by atoms with Crippen molar-refractivity contribution in [1.29, 1.82) is 0 Å². The first-order chi connectivity index (χ1) is 8.08. The molecular weight excluding hydrogens is 218 g/mol. The molecule has 1 atom stereocenters. The predicted molar refractivity (Wildman–Crippen MR) is 67.5 cm³/mol. The molecule has 1 heterocycles. The van der Waals surface area contributed by atoms with Crippen molar-refractivity contribution in [2.75, 3.05) is 18.4 Å². The van der Waals surface area contributed by atoms with Crippen molar-refractivity contribution in [3.05, 3.63) is 33.4 Å². The van der Waals surface area contributed by atoms with Gasteiger partial charge in [0.1, 0.15) is 0 Å². The Hall–Kier alpha value is -1.62. The van der Waals surface area contributed by atoms with Crippen molar-refractivity contribution >= 4 is 11.4 Å². The number of hydrogen-bond acceptors (Lipinski definition) is 4. The summed E-state index contributed by atoms with van der Waals surface area (Å²) in [6.45, 7) is 5.66. The van der Waals surface area contributed by atoms with E-state index in [-0.39, 0.29) is 10.6 Å². The second-order valence-electron chi connectivity index (χ2n) is 4.54. The molecule has 5 nitrogen and oxygen atoms in total. The number of aryl methyl sites for hydroxylation is 2. The van der Waals surface area contributed by atoms with E-state index in [1.165, 1.54) is 0 Å². The third-order valence-electron chi connectivity index (χ3n) is 3.16. The van der Waals surface area contributed by atoms with E-state index in [2.05, 4.69) is 10.6 Å². The quantitative estimate of drug-likeness (QED) is 0.621. The highest BCUT2D eigenvalue weighted by Crippen LogP contribution is 2.26. The molecule has 1 fully saturated rings. The van der Waals surface area contributed by atoms with E-state index >= 15 is 0 Å². The van der Waals surface area contributed by atoms with Gasteiger partial charge in [0.25, 0.3) is 5.69 Å². The van der Waals surface area contributed by atoms with E-state index in [0.29, 0.717) is 11.6 Å². The molecule has 2 rings (SSSR count). The average molecular weight is 235 g/mol. The van der Waals surface area contributed by atoms with Crippen LogP contribution in [0.5, 0.6) is 0 Å². The number of nitro benzene ring substituents is 1. The lowest BCUT2D eigenvalue weighted by atomic mass is 10.1. The van der Waals surface area contributed by atoms with Crippen LogP contribution in [0.15, 0.2) is 12.1 Å². The van der Waals surface area contributed by atoms with Crippen LogP contribution in [0.4, 0.5) is 11.4 Å². The number of benzene rings is 1. The van der Waals surface area contributed by atoms with Crippen LogP contribution in [0.25, 0.3) is 0 Å². The Balaban J connectivity index is 2.23. The second kappa shape index (κ2) is 4.71. The molecule has 0 bridgehead atoms. The Morgan fingerprint density at radius 1 is 1.41 bits per heavy atom. The van der Waals surface area contributed by atoms with Crippen molar-refractivity contribution in [1.82, 2.24) is 5.32 Å². The molecule has 5 heteroatoms. The zero-order valence-electron chi connectivity index (χ0n) is 10.1. The number of nitro groups is 1. The van der Waals surface area contributed by atoms with Crippen LogP contribution in [0.2, 0.25) is 0 Å². The molecule has 1 unspecified atom stereocenters. The summed E-state index contributed by atoms with van der Waals surface area (Å²) in [7, 11) is 0. The van der Waals surface area contributed by atoms with Gasteiger partial charge in [-0.3, -0.25) is 10.1 Å².